The van der Waals surface area contributed by atoms with Crippen LogP contribution in [0, 0.1) is 0 Å². The molecule has 0 aliphatic rings. The number of carbonyl (C=O) groups is 1. The molecule has 2 aromatic carbocycles. The second kappa shape index (κ2) is 12.3. The fourth-order valence-corrected chi connectivity index (χ4v) is 3.24. The first-order valence-electron chi connectivity index (χ1n) is 10.8. The van der Waals surface area contributed by atoms with Crippen molar-refractivity contribution in [2.45, 2.75) is 25.9 Å². The van der Waals surface area contributed by atoms with Gasteiger partial charge in [-0.05, 0) is 42.3 Å². The minimum atomic E-state index is -0.161. The van der Waals surface area contributed by atoms with Gasteiger partial charge in [-0.3, -0.25) is 4.79 Å². The maximum Gasteiger partial charge on any atom is 0.251 e. The first-order chi connectivity index (χ1) is 15.7. The summed E-state index contributed by atoms with van der Waals surface area (Å²) in [6, 6.07) is 20.9. The van der Waals surface area contributed by atoms with E-state index in [0.29, 0.717) is 36.9 Å². The number of hydrogen-bond donors (Lipinski definition) is 4. The van der Waals surface area contributed by atoms with E-state index in [1.165, 1.54) is 0 Å². The van der Waals surface area contributed by atoms with E-state index in [4.69, 9.17) is 4.42 Å². The van der Waals surface area contributed by atoms with E-state index in [9.17, 15) is 9.90 Å². The molecule has 0 aliphatic heterocycles. The molecule has 0 spiro atoms. The molecule has 0 radical (unpaired) electrons. The Kier molecular flexibility index (Phi) is 8.89. The van der Waals surface area contributed by atoms with Crippen molar-refractivity contribution < 1.29 is 14.3 Å². The first-order valence-corrected chi connectivity index (χ1v) is 10.8. The number of amides is 1. The number of carbonyl (C=O) groups excluding carboxylic acids is 1. The van der Waals surface area contributed by atoms with Crippen LogP contribution in [0.5, 0.6) is 0 Å². The number of aliphatic hydroxyl groups is 1. The Labute approximate surface area is 188 Å². The number of nitrogens with one attached hydrogen (secondary N) is 3. The Morgan fingerprint density at radius 1 is 1.03 bits per heavy atom. The summed E-state index contributed by atoms with van der Waals surface area (Å²) < 4.78 is 5.25. The fourth-order valence-electron chi connectivity index (χ4n) is 3.24. The van der Waals surface area contributed by atoms with Crippen molar-refractivity contribution in [3.05, 3.63) is 95.4 Å². The Bertz CT molecular complexity index is 987. The summed E-state index contributed by atoms with van der Waals surface area (Å²) in [5, 5.41) is 19.2. The number of benzene rings is 2. The molecule has 1 heterocycles. The van der Waals surface area contributed by atoms with E-state index in [-0.39, 0.29) is 18.4 Å². The zero-order valence-corrected chi connectivity index (χ0v) is 18.3. The van der Waals surface area contributed by atoms with Crippen LogP contribution >= 0.6 is 0 Å². The number of guanidine groups is 1. The first kappa shape index (κ1) is 23.1. The molecule has 0 saturated heterocycles. The molecule has 1 amide bonds. The second-order valence-corrected chi connectivity index (χ2v) is 7.33. The van der Waals surface area contributed by atoms with Crippen molar-refractivity contribution in [2.24, 2.45) is 4.99 Å². The topological polar surface area (TPSA) is 98.9 Å². The van der Waals surface area contributed by atoms with Gasteiger partial charge >= 0.3 is 0 Å². The zero-order chi connectivity index (χ0) is 22.6. The monoisotopic (exact) mass is 434 g/mol. The van der Waals surface area contributed by atoms with Gasteiger partial charge in [0.05, 0.1) is 26.0 Å². The van der Waals surface area contributed by atoms with Crippen molar-refractivity contribution in [3.63, 3.8) is 0 Å². The van der Waals surface area contributed by atoms with Crippen LogP contribution < -0.4 is 16.0 Å². The third kappa shape index (κ3) is 6.99. The number of hydrogen-bond acceptors (Lipinski definition) is 4. The van der Waals surface area contributed by atoms with E-state index in [0.717, 1.165) is 17.7 Å². The van der Waals surface area contributed by atoms with Crippen molar-refractivity contribution in [1.82, 2.24) is 16.0 Å². The molecule has 32 heavy (non-hydrogen) atoms. The number of nitrogens with zero attached hydrogens (tertiary/aromatic N) is 1. The van der Waals surface area contributed by atoms with E-state index in [2.05, 4.69) is 20.9 Å². The zero-order valence-electron chi connectivity index (χ0n) is 18.3. The Hall–Kier alpha value is -3.58. The SMILES string of the molecule is CCNC(=NCc1cccc(C(=O)NCc2ccco2)c1)NCC(CO)c1ccccc1. The molecular formula is C25H30N4O3. The summed E-state index contributed by atoms with van der Waals surface area (Å²) in [6.07, 6.45) is 1.58. The van der Waals surface area contributed by atoms with Gasteiger partial charge in [-0.25, -0.2) is 4.99 Å². The van der Waals surface area contributed by atoms with Crippen molar-refractivity contribution >= 4 is 11.9 Å². The molecule has 7 nitrogen and oxygen atoms in total. The third-order valence-electron chi connectivity index (χ3n) is 4.96. The van der Waals surface area contributed by atoms with Gasteiger partial charge in [-0.15, -0.1) is 0 Å². The molecule has 0 aliphatic carbocycles. The van der Waals surface area contributed by atoms with Gasteiger partial charge in [0.1, 0.15) is 5.76 Å². The molecule has 3 aromatic rings. The van der Waals surface area contributed by atoms with Crippen LogP contribution in [0.3, 0.4) is 0 Å². The van der Waals surface area contributed by atoms with Crippen LogP contribution in [-0.2, 0) is 13.1 Å². The van der Waals surface area contributed by atoms with Crippen LogP contribution in [0.1, 0.15) is 40.1 Å². The highest BCUT2D eigenvalue weighted by Crippen LogP contribution is 2.13. The summed E-state index contributed by atoms with van der Waals surface area (Å²) in [4.78, 5) is 17.1. The van der Waals surface area contributed by atoms with Crippen molar-refractivity contribution in [3.8, 4) is 0 Å². The summed E-state index contributed by atoms with van der Waals surface area (Å²) in [7, 11) is 0. The van der Waals surface area contributed by atoms with Gasteiger partial charge < -0.3 is 25.5 Å². The normalized spacial score (nSPS) is 12.2. The molecule has 0 fully saturated rings. The lowest BCUT2D eigenvalue weighted by molar-refractivity contribution is 0.0948. The molecule has 4 N–H and O–H groups in total. The lowest BCUT2D eigenvalue weighted by Gasteiger charge is -2.18. The second-order valence-electron chi connectivity index (χ2n) is 7.33. The summed E-state index contributed by atoms with van der Waals surface area (Å²) in [5.74, 6) is 1.18. The molecule has 1 aromatic heterocycles. The minimum absolute atomic E-state index is 0.0266. The largest absolute Gasteiger partial charge is 0.467 e. The van der Waals surface area contributed by atoms with Gasteiger partial charge in [-0.1, -0.05) is 42.5 Å². The predicted molar refractivity (Wildman–Crippen MR) is 125 cm³/mol. The van der Waals surface area contributed by atoms with Gasteiger partial charge in [0.15, 0.2) is 5.96 Å². The molecular weight excluding hydrogens is 404 g/mol. The van der Waals surface area contributed by atoms with E-state index in [1.54, 1.807) is 18.4 Å². The van der Waals surface area contributed by atoms with E-state index < -0.39 is 0 Å². The predicted octanol–water partition coefficient (Wildman–Crippen LogP) is 3.04. The van der Waals surface area contributed by atoms with Crippen LogP contribution in [0.15, 0.2) is 82.4 Å². The lowest BCUT2D eigenvalue weighted by atomic mass is 10.0. The smallest absolute Gasteiger partial charge is 0.251 e. The molecule has 3 rings (SSSR count). The van der Waals surface area contributed by atoms with E-state index in [1.807, 2.05) is 61.5 Å². The van der Waals surface area contributed by atoms with Gasteiger partial charge in [0, 0.05) is 24.6 Å². The molecule has 0 saturated carbocycles. The molecule has 1 unspecified atom stereocenters. The number of aliphatic imine (C=N–C) groups is 1. The molecule has 168 valence electrons. The van der Waals surface area contributed by atoms with Gasteiger partial charge in [0.25, 0.3) is 5.91 Å². The summed E-state index contributed by atoms with van der Waals surface area (Å²) >= 11 is 0. The highest BCUT2D eigenvalue weighted by Gasteiger charge is 2.11. The standard InChI is InChI=1S/C25H30N4O3/c1-2-26-25(29-16-22(18-30)20-9-4-3-5-10-20)28-15-19-8-6-11-21(14-19)24(31)27-17-23-12-7-13-32-23/h3-14,22,30H,2,15-18H2,1H3,(H,27,31)(H2,26,28,29). The minimum Gasteiger partial charge on any atom is -0.467 e. The highest BCUT2D eigenvalue weighted by molar-refractivity contribution is 5.94. The molecule has 0 bridgehead atoms. The van der Waals surface area contributed by atoms with Gasteiger partial charge in [0.2, 0.25) is 0 Å². The third-order valence-corrected chi connectivity index (χ3v) is 4.96. The highest BCUT2D eigenvalue weighted by atomic mass is 16.3. The average molecular weight is 435 g/mol. The van der Waals surface area contributed by atoms with Crippen molar-refractivity contribution in [1.29, 1.82) is 0 Å². The summed E-state index contributed by atoms with van der Waals surface area (Å²) in [5.41, 5.74) is 2.58. The Morgan fingerprint density at radius 2 is 1.88 bits per heavy atom. The molecule has 1 atom stereocenters. The summed E-state index contributed by atoms with van der Waals surface area (Å²) in [6.45, 7) is 4.09. The van der Waals surface area contributed by atoms with Crippen LogP contribution in [-0.4, -0.2) is 36.7 Å². The van der Waals surface area contributed by atoms with Crippen LogP contribution in [0.2, 0.25) is 0 Å². The maximum absolute atomic E-state index is 12.4. The Balaban J connectivity index is 1.59. The lowest BCUT2D eigenvalue weighted by Crippen LogP contribution is -2.39. The number of aliphatic hydroxyl groups excluding tert-OH is 1. The van der Waals surface area contributed by atoms with Crippen molar-refractivity contribution in [2.75, 3.05) is 19.7 Å². The van der Waals surface area contributed by atoms with Crippen LogP contribution in [0.25, 0.3) is 0 Å². The number of rotatable bonds is 10. The average Bonchev–Trinajstić information content (AvgIpc) is 3.36. The fraction of sp³-hybridized carbons (Fsp3) is 0.280. The quantitative estimate of drug-likeness (QED) is 0.290. The maximum atomic E-state index is 12.4. The molecule has 7 heteroatoms. The Morgan fingerprint density at radius 3 is 2.59 bits per heavy atom. The van der Waals surface area contributed by atoms with Crippen LogP contribution in [0.4, 0.5) is 0 Å². The number of furan rings is 1. The van der Waals surface area contributed by atoms with E-state index >= 15 is 0 Å². The van der Waals surface area contributed by atoms with Gasteiger partial charge in [-0.2, -0.15) is 0 Å².